The second-order valence-corrected chi connectivity index (χ2v) is 7.18. The Morgan fingerprint density at radius 3 is 2.45 bits per heavy atom. The molecule has 3 atom stereocenters. The van der Waals surface area contributed by atoms with Crippen LogP contribution >= 0.6 is 0 Å². The highest BCUT2D eigenvalue weighted by atomic mass is 16.6. The second-order valence-electron chi connectivity index (χ2n) is 7.18. The average molecular weight is 284 g/mol. The molecule has 0 aromatic rings. The van der Waals surface area contributed by atoms with Gasteiger partial charge in [-0.1, -0.05) is 0 Å². The van der Waals surface area contributed by atoms with Crippen LogP contribution in [0, 0.1) is 0 Å². The van der Waals surface area contributed by atoms with Gasteiger partial charge in [-0.15, -0.1) is 0 Å². The average Bonchev–Trinajstić information content (AvgIpc) is 3.12. The summed E-state index contributed by atoms with van der Waals surface area (Å²) in [5.41, 5.74) is -0.476. The van der Waals surface area contributed by atoms with Crippen LogP contribution in [0.5, 0.6) is 0 Å². The third kappa shape index (κ3) is 4.35. The molecule has 0 aliphatic heterocycles. The number of alkyl carbamates (subject to hydrolysis) is 1. The number of likely N-dealkylation sites (N-methyl/N-ethyl adjacent to an activating group) is 1. The van der Waals surface area contributed by atoms with Gasteiger partial charge in [0, 0.05) is 18.1 Å². The molecule has 0 aromatic heterocycles. The maximum Gasteiger partial charge on any atom is 0.407 e. The van der Waals surface area contributed by atoms with Crippen molar-refractivity contribution in [1.29, 1.82) is 0 Å². The van der Waals surface area contributed by atoms with Crippen molar-refractivity contribution in [3.63, 3.8) is 0 Å². The minimum Gasteiger partial charge on any atom is -0.444 e. The van der Waals surface area contributed by atoms with Crippen molar-refractivity contribution >= 4 is 6.09 Å². The summed E-state index contributed by atoms with van der Waals surface area (Å²) < 4.78 is 5.34. The first-order valence-corrected chi connectivity index (χ1v) is 7.66. The lowest BCUT2D eigenvalue weighted by Crippen LogP contribution is -2.55. The summed E-state index contributed by atoms with van der Waals surface area (Å²) in [4.78, 5) is 14.3. The molecule has 1 amide bonds. The van der Waals surface area contributed by atoms with Gasteiger partial charge in [-0.25, -0.2) is 4.79 Å². The van der Waals surface area contributed by atoms with E-state index in [9.17, 15) is 9.90 Å². The topological polar surface area (TPSA) is 61.8 Å². The standard InChI is InChI=1S/C15H28N2O3/c1-15(2,3)20-14(19)16-12-8-7-11(18)9-13(12)17(4)10-5-6-10/h10-13,18H,5-9H2,1-4H3,(H,16,19). The van der Waals surface area contributed by atoms with Gasteiger partial charge in [0.2, 0.25) is 0 Å². The fourth-order valence-electron chi connectivity index (χ4n) is 2.96. The molecule has 3 unspecified atom stereocenters. The molecule has 2 saturated carbocycles. The molecule has 5 heteroatoms. The van der Waals surface area contributed by atoms with Crippen LogP contribution in [0.25, 0.3) is 0 Å². The molecule has 2 N–H and O–H groups in total. The summed E-state index contributed by atoms with van der Waals surface area (Å²) in [6, 6.07) is 0.894. The normalized spacial score (nSPS) is 31.2. The molecule has 0 bridgehead atoms. The van der Waals surface area contributed by atoms with Crippen molar-refractivity contribution in [3.05, 3.63) is 0 Å². The van der Waals surface area contributed by atoms with Crippen LogP contribution in [0.1, 0.15) is 52.9 Å². The van der Waals surface area contributed by atoms with Crippen LogP contribution in [0.3, 0.4) is 0 Å². The molecule has 2 rings (SSSR count). The zero-order valence-electron chi connectivity index (χ0n) is 13.1. The van der Waals surface area contributed by atoms with Crippen LogP contribution in [0.4, 0.5) is 4.79 Å². The fraction of sp³-hybridized carbons (Fsp3) is 0.933. The lowest BCUT2D eigenvalue weighted by molar-refractivity contribution is 0.0271. The predicted octanol–water partition coefficient (Wildman–Crippen LogP) is 1.89. The third-order valence-corrected chi connectivity index (χ3v) is 4.14. The predicted molar refractivity (Wildman–Crippen MR) is 77.6 cm³/mol. The molecule has 20 heavy (non-hydrogen) atoms. The van der Waals surface area contributed by atoms with Gasteiger partial charge in [-0.2, -0.15) is 0 Å². The van der Waals surface area contributed by atoms with E-state index in [0.29, 0.717) is 6.04 Å². The number of ether oxygens (including phenoxy) is 1. The zero-order chi connectivity index (χ0) is 14.9. The van der Waals surface area contributed by atoms with Crippen molar-refractivity contribution in [2.75, 3.05) is 7.05 Å². The van der Waals surface area contributed by atoms with E-state index < -0.39 is 5.60 Å². The minimum absolute atomic E-state index is 0.0684. The molecule has 116 valence electrons. The summed E-state index contributed by atoms with van der Waals surface area (Å²) in [6.45, 7) is 5.60. The number of carbonyl (C=O) groups excluding carboxylic acids is 1. The Bertz CT molecular complexity index is 350. The summed E-state index contributed by atoms with van der Waals surface area (Å²) in [6.07, 6.45) is 4.13. The van der Waals surface area contributed by atoms with E-state index in [4.69, 9.17) is 4.74 Å². The van der Waals surface area contributed by atoms with Crippen LogP contribution in [0.15, 0.2) is 0 Å². The van der Waals surface area contributed by atoms with Gasteiger partial charge in [-0.05, 0) is 59.9 Å². The number of aliphatic hydroxyl groups is 1. The molecule has 0 aromatic carbocycles. The Labute approximate surface area is 121 Å². The monoisotopic (exact) mass is 284 g/mol. The Kier molecular flexibility index (Phi) is 4.59. The van der Waals surface area contributed by atoms with Crippen molar-refractivity contribution in [2.24, 2.45) is 0 Å². The summed E-state index contributed by atoms with van der Waals surface area (Å²) in [5.74, 6) is 0. The van der Waals surface area contributed by atoms with Gasteiger partial charge >= 0.3 is 6.09 Å². The number of hydrogen-bond donors (Lipinski definition) is 2. The summed E-state index contributed by atoms with van der Waals surface area (Å²) in [5, 5.41) is 12.9. The van der Waals surface area contributed by atoms with Crippen LogP contribution in [0.2, 0.25) is 0 Å². The van der Waals surface area contributed by atoms with Gasteiger partial charge in [0.15, 0.2) is 0 Å². The molecule has 2 fully saturated rings. The molecule has 0 radical (unpaired) electrons. The Morgan fingerprint density at radius 1 is 1.25 bits per heavy atom. The van der Waals surface area contributed by atoms with Gasteiger partial charge in [0.05, 0.1) is 6.10 Å². The number of nitrogens with one attached hydrogen (secondary N) is 1. The van der Waals surface area contributed by atoms with Gasteiger partial charge in [0.25, 0.3) is 0 Å². The molecule has 0 heterocycles. The first-order chi connectivity index (χ1) is 9.26. The highest BCUT2D eigenvalue weighted by Crippen LogP contribution is 2.32. The van der Waals surface area contributed by atoms with E-state index >= 15 is 0 Å². The second kappa shape index (κ2) is 5.90. The highest BCUT2D eigenvalue weighted by molar-refractivity contribution is 5.68. The number of nitrogens with zero attached hydrogens (tertiary/aromatic N) is 1. The quantitative estimate of drug-likeness (QED) is 0.831. The number of rotatable bonds is 3. The SMILES string of the molecule is CN(C1CC1)C1CC(O)CCC1NC(=O)OC(C)(C)C. The molecule has 2 aliphatic carbocycles. The highest BCUT2D eigenvalue weighted by Gasteiger charge is 2.39. The van der Waals surface area contributed by atoms with Crippen molar-refractivity contribution in [3.8, 4) is 0 Å². The van der Waals surface area contributed by atoms with E-state index in [1.165, 1.54) is 12.8 Å². The van der Waals surface area contributed by atoms with Gasteiger partial charge in [0.1, 0.15) is 5.60 Å². The Morgan fingerprint density at radius 2 is 1.90 bits per heavy atom. The number of aliphatic hydroxyl groups excluding tert-OH is 1. The van der Waals surface area contributed by atoms with Crippen molar-refractivity contribution < 1.29 is 14.6 Å². The molecule has 2 aliphatic rings. The van der Waals surface area contributed by atoms with E-state index in [-0.39, 0.29) is 24.3 Å². The van der Waals surface area contributed by atoms with Crippen molar-refractivity contribution in [2.45, 2.75) is 82.7 Å². The minimum atomic E-state index is -0.476. The molecule has 0 spiro atoms. The maximum absolute atomic E-state index is 11.9. The Hall–Kier alpha value is -0.810. The van der Waals surface area contributed by atoms with Gasteiger partial charge < -0.3 is 15.2 Å². The number of amides is 1. The smallest absolute Gasteiger partial charge is 0.407 e. The van der Waals surface area contributed by atoms with E-state index in [0.717, 1.165) is 19.3 Å². The zero-order valence-corrected chi connectivity index (χ0v) is 13.1. The first-order valence-electron chi connectivity index (χ1n) is 7.66. The van der Waals surface area contributed by atoms with E-state index in [1.54, 1.807) is 0 Å². The van der Waals surface area contributed by atoms with Crippen molar-refractivity contribution in [1.82, 2.24) is 10.2 Å². The lowest BCUT2D eigenvalue weighted by atomic mass is 9.87. The van der Waals surface area contributed by atoms with Crippen LogP contribution in [-0.2, 0) is 4.74 Å². The molecule has 0 saturated heterocycles. The van der Waals surface area contributed by atoms with E-state index in [1.807, 2.05) is 20.8 Å². The number of hydrogen-bond acceptors (Lipinski definition) is 4. The fourth-order valence-corrected chi connectivity index (χ4v) is 2.96. The maximum atomic E-state index is 11.9. The summed E-state index contributed by atoms with van der Waals surface area (Å²) >= 11 is 0. The van der Waals surface area contributed by atoms with Crippen LogP contribution < -0.4 is 5.32 Å². The van der Waals surface area contributed by atoms with E-state index in [2.05, 4.69) is 17.3 Å². The Balaban J connectivity index is 1.94. The van der Waals surface area contributed by atoms with Gasteiger partial charge in [-0.3, -0.25) is 4.90 Å². The largest absolute Gasteiger partial charge is 0.444 e. The first kappa shape index (κ1) is 15.6. The van der Waals surface area contributed by atoms with Crippen LogP contribution in [-0.4, -0.2) is 53.0 Å². The molecule has 5 nitrogen and oxygen atoms in total. The number of carbonyl (C=O) groups is 1. The summed E-state index contributed by atoms with van der Waals surface area (Å²) in [7, 11) is 2.10. The molecular formula is C15H28N2O3. The third-order valence-electron chi connectivity index (χ3n) is 4.14. The lowest BCUT2D eigenvalue weighted by Gasteiger charge is -2.40. The molecular weight excluding hydrogens is 256 g/mol.